The second-order valence-corrected chi connectivity index (χ2v) is 7.07. The molecule has 5 heteroatoms. The van der Waals surface area contributed by atoms with E-state index < -0.39 is 5.97 Å². The maximum absolute atomic E-state index is 11.6. The monoisotopic (exact) mass is 412 g/mol. The number of hydrogen-bond acceptors (Lipinski definition) is 4. The van der Waals surface area contributed by atoms with E-state index in [2.05, 4.69) is 13.8 Å². The Bertz CT molecular complexity index is 778. The smallest absolute Gasteiger partial charge is 0.371 e. The van der Waals surface area contributed by atoms with Crippen LogP contribution in [0.5, 0.6) is 17.2 Å². The molecule has 0 saturated heterocycles. The van der Waals surface area contributed by atoms with E-state index in [1.165, 1.54) is 25.3 Å². The van der Waals surface area contributed by atoms with Crippen molar-refractivity contribution in [2.75, 3.05) is 13.2 Å². The molecule has 2 rings (SSSR count). The van der Waals surface area contributed by atoms with Crippen molar-refractivity contribution >= 4 is 12.0 Å². The Morgan fingerprint density at radius 1 is 0.767 bits per heavy atom. The van der Waals surface area contributed by atoms with Crippen LogP contribution in [0.3, 0.4) is 0 Å². The highest BCUT2D eigenvalue weighted by molar-refractivity contribution is 5.90. The largest absolute Gasteiger partial charge is 0.494 e. The van der Waals surface area contributed by atoms with Gasteiger partial charge in [0.2, 0.25) is 5.76 Å². The molecule has 0 saturated carbocycles. The number of aliphatic carboxylic acids is 1. The van der Waals surface area contributed by atoms with Gasteiger partial charge < -0.3 is 19.3 Å². The first-order valence-corrected chi connectivity index (χ1v) is 10.7. The molecule has 5 nitrogen and oxygen atoms in total. The van der Waals surface area contributed by atoms with Crippen LogP contribution in [0.15, 0.2) is 54.3 Å². The minimum Gasteiger partial charge on any atom is -0.494 e. The molecule has 0 aromatic heterocycles. The number of ether oxygens (including phenoxy) is 3. The van der Waals surface area contributed by atoms with Gasteiger partial charge in [-0.2, -0.15) is 0 Å². The minimum absolute atomic E-state index is 0.150. The third-order valence-corrected chi connectivity index (χ3v) is 4.47. The van der Waals surface area contributed by atoms with Gasteiger partial charge in [0.15, 0.2) is 0 Å². The predicted octanol–water partition coefficient (Wildman–Crippen LogP) is 6.33. The first-order chi connectivity index (χ1) is 14.6. The van der Waals surface area contributed by atoms with E-state index in [1.807, 2.05) is 24.3 Å². The van der Waals surface area contributed by atoms with Gasteiger partial charge in [-0.15, -0.1) is 0 Å². The highest BCUT2D eigenvalue weighted by Gasteiger charge is 2.11. The van der Waals surface area contributed by atoms with Crippen LogP contribution in [0.2, 0.25) is 0 Å². The molecule has 0 spiro atoms. The molecular weight excluding hydrogens is 380 g/mol. The molecule has 162 valence electrons. The molecule has 0 aliphatic heterocycles. The summed E-state index contributed by atoms with van der Waals surface area (Å²) in [7, 11) is 0. The lowest BCUT2D eigenvalue weighted by atomic mass is 10.2. The van der Waals surface area contributed by atoms with Crippen molar-refractivity contribution in [1.82, 2.24) is 0 Å². The van der Waals surface area contributed by atoms with Gasteiger partial charge >= 0.3 is 5.97 Å². The van der Waals surface area contributed by atoms with E-state index in [0.717, 1.165) is 36.3 Å². The van der Waals surface area contributed by atoms with Crippen LogP contribution in [0.1, 0.15) is 57.9 Å². The molecule has 0 unspecified atom stereocenters. The summed E-state index contributed by atoms with van der Waals surface area (Å²) in [5.74, 6) is 0.679. The SMILES string of the molecule is CCCCCCOc1ccc(C=C(Oc2ccc(OCCCC)cc2)C(=O)O)cc1. The van der Waals surface area contributed by atoms with Gasteiger partial charge in [-0.3, -0.25) is 0 Å². The standard InChI is InChI=1S/C25H32O5/c1-3-5-7-8-18-29-21-11-9-20(10-12-21)19-24(25(26)27)30-23-15-13-22(14-16-23)28-17-6-4-2/h9-16,19H,3-8,17-18H2,1-2H3,(H,26,27). The molecule has 0 aliphatic rings. The summed E-state index contributed by atoms with van der Waals surface area (Å²) >= 11 is 0. The van der Waals surface area contributed by atoms with Crippen LogP contribution in [-0.4, -0.2) is 24.3 Å². The van der Waals surface area contributed by atoms with Crippen molar-refractivity contribution in [3.05, 3.63) is 59.9 Å². The summed E-state index contributed by atoms with van der Waals surface area (Å²) in [6, 6.07) is 14.3. The fraction of sp³-hybridized carbons (Fsp3) is 0.400. The van der Waals surface area contributed by atoms with E-state index in [4.69, 9.17) is 14.2 Å². The van der Waals surface area contributed by atoms with E-state index in [1.54, 1.807) is 24.3 Å². The number of rotatable bonds is 14. The van der Waals surface area contributed by atoms with Crippen molar-refractivity contribution < 1.29 is 24.1 Å². The average molecular weight is 413 g/mol. The van der Waals surface area contributed by atoms with E-state index in [0.29, 0.717) is 19.0 Å². The topological polar surface area (TPSA) is 65.0 Å². The Morgan fingerprint density at radius 2 is 1.30 bits per heavy atom. The minimum atomic E-state index is -1.13. The van der Waals surface area contributed by atoms with Crippen LogP contribution in [0.4, 0.5) is 0 Å². The lowest BCUT2D eigenvalue weighted by molar-refractivity contribution is -0.134. The highest BCUT2D eigenvalue weighted by Crippen LogP contribution is 2.21. The lowest BCUT2D eigenvalue weighted by Gasteiger charge is -2.09. The summed E-state index contributed by atoms with van der Waals surface area (Å²) in [6.45, 7) is 5.64. The van der Waals surface area contributed by atoms with Crippen molar-refractivity contribution in [1.29, 1.82) is 0 Å². The number of carbonyl (C=O) groups is 1. The molecular formula is C25H32O5. The Labute approximate surface area is 179 Å². The van der Waals surface area contributed by atoms with Crippen molar-refractivity contribution in [3.8, 4) is 17.2 Å². The van der Waals surface area contributed by atoms with Crippen LogP contribution in [0.25, 0.3) is 6.08 Å². The first-order valence-electron chi connectivity index (χ1n) is 10.7. The number of benzene rings is 2. The molecule has 2 aromatic carbocycles. The second-order valence-electron chi connectivity index (χ2n) is 7.07. The Balaban J connectivity index is 1.94. The van der Waals surface area contributed by atoms with Gasteiger partial charge in [-0.05, 0) is 60.9 Å². The second kappa shape index (κ2) is 13.3. The predicted molar refractivity (Wildman–Crippen MR) is 119 cm³/mol. The van der Waals surface area contributed by atoms with Gasteiger partial charge in [0.1, 0.15) is 17.2 Å². The zero-order valence-electron chi connectivity index (χ0n) is 17.9. The molecule has 0 aliphatic carbocycles. The molecule has 1 N–H and O–H groups in total. The van der Waals surface area contributed by atoms with Gasteiger partial charge in [0, 0.05) is 0 Å². The lowest BCUT2D eigenvalue weighted by Crippen LogP contribution is -2.07. The zero-order chi connectivity index (χ0) is 21.6. The molecule has 2 aromatic rings. The molecule has 0 heterocycles. The number of unbranched alkanes of at least 4 members (excludes halogenated alkanes) is 4. The van der Waals surface area contributed by atoms with Gasteiger partial charge in [-0.25, -0.2) is 4.79 Å². The van der Waals surface area contributed by atoms with E-state index >= 15 is 0 Å². The Hall–Kier alpha value is -2.95. The van der Waals surface area contributed by atoms with Crippen molar-refractivity contribution in [2.24, 2.45) is 0 Å². The van der Waals surface area contributed by atoms with Crippen LogP contribution < -0.4 is 14.2 Å². The van der Waals surface area contributed by atoms with Crippen LogP contribution in [0, 0.1) is 0 Å². The van der Waals surface area contributed by atoms with Crippen molar-refractivity contribution in [3.63, 3.8) is 0 Å². The van der Waals surface area contributed by atoms with E-state index in [-0.39, 0.29) is 5.76 Å². The quantitative estimate of drug-likeness (QED) is 0.223. The molecule has 30 heavy (non-hydrogen) atoms. The number of carboxylic acid groups (broad SMARTS) is 1. The van der Waals surface area contributed by atoms with E-state index in [9.17, 15) is 9.90 Å². The van der Waals surface area contributed by atoms with Crippen LogP contribution >= 0.6 is 0 Å². The highest BCUT2D eigenvalue weighted by atomic mass is 16.5. The summed E-state index contributed by atoms with van der Waals surface area (Å²) < 4.78 is 16.9. The molecule has 0 amide bonds. The molecule has 0 bridgehead atoms. The molecule has 0 radical (unpaired) electrons. The van der Waals surface area contributed by atoms with Crippen LogP contribution in [-0.2, 0) is 4.79 Å². The zero-order valence-corrected chi connectivity index (χ0v) is 17.9. The summed E-state index contributed by atoms with van der Waals surface area (Å²) in [5.41, 5.74) is 0.727. The third kappa shape index (κ3) is 8.60. The van der Waals surface area contributed by atoms with Gasteiger partial charge in [0.25, 0.3) is 0 Å². The van der Waals surface area contributed by atoms with Gasteiger partial charge in [0.05, 0.1) is 13.2 Å². The summed E-state index contributed by atoms with van der Waals surface area (Å²) in [6.07, 6.45) is 8.19. The maximum Gasteiger partial charge on any atom is 0.371 e. The first kappa shape index (κ1) is 23.3. The fourth-order valence-electron chi connectivity index (χ4n) is 2.73. The third-order valence-electron chi connectivity index (χ3n) is 4.47. The Morgan fingerprint density at radius 3 is 1.87 bits per heavy atom. The number of hydrogen-bond donors (Lipinski definition) is 1. The summed E-state index contributed by atoms with van der Waals surface area (Å²) in [5, 5.41) is 9.49. The normalized spacial score (nSPS) is 11.2. The molecule has 0 fully saturated rings. The average Bonchev–Trinajstić information content (AvgIpc) is 2.75. The fourth-order valence-corrected chi connectivity index (χ4v) is 2.73. The van der Waals surface area contributed by atoms with Gasteiger partial charge in [-0.1, -0.05) is 51.7 Å². The maximum atomic E-state index is 11.6. The van der Waals surface area contributed by atoms with Crippen molar-refractivity contribution in [2.45, 2.75) is 52.4 Å². The number of carboxylic acids is 1. The molecule has 0 atom stereocenters. The summed E-state index contributed by atoms with van der Waals surface area (Å²) in [4.78, 5) is 11.6. The Kier molecular flexibility index (Phi) is 10.3.